The van der Waals surface area contributed by atoms with Crippen molar-refractivity contribution in [1.29, 1.82) is 0 Å². The van der Waals surface area contributed by atoms with Crippen molar-refractivity contribution < 1.29 is 4.79 Å². The van der Waals surface area contributed by atoms with Crippen LogP contribution < -0.4 is 5.32 Å². The second-order valence-electron chi connectivity index (χ2n) is 8.36. The van der Waals surface area contributed by atoms with Crippen LogP contribution in [0.15, 0.2) is 132 Å². The van der Waals surface area contributed by atoms with Gasteiger partial charge in [0.15, 0.2) is 5.78 Å². The third-order valence-electron chi connectivity index (χ3n) is 6.11. The standard InChI is InChI=1S/C31H24BrNO/c32-27-17-9-16-26(20-27)30(33-28-19-18-22-10-7-8-15-25(22)21-28)29(23-11-3-1-4-12-23)31(34)24-13-5-2-6-14-24/h1-21,29-30,33H. The molecule has 2 unspecified atom stereocenters. The molecule has 0 saturated carbocycles. The first-order chi connectivity index (χ1) is 16.7. The van der Waals surface area contributed by atoms with Gasteiger partial charge in [-0.05, 0) is 46.2 Å². The number of carbonyl (C=O) groups excluding carboxylic acids is 1. The number of fused-ring (bicyclic) bond motifs is 1. The zero-order valence-corrected chi connectivity index (χ0v) is 20.2. The molecule has 0 radical (unpaired) electrons. The van der Waals surface area contributed by atoms with Crippen molar-refractivity contribution in [2.24, 2.45) is 0 Å². The van der Waals surface area contributed by atoms with Gasteiger partial charge in [-0.1, -0.05) is 119 Å². The van der Waals surface area contributed by atoms with E-state index in [4.69, 9.17) is 0 Å². The summed E-state index contributed by atoms with van der Waals surface area (Å²) in [7, 11) is 0. The molecule has 0 aromatic heterocycles. The molecule has 2 atom stereocenters. The number of hydrogen-bond acceptors (Lipinski definition) is 2. The van der Waals surface area contributed by atoms with Gasteiger partial charge in [-0.15, -0.1) is 0 Å². The maximum absolute atomic E-state index is 14.0. The van der Waals surface area contributed by atoms with E-state index in [1.54, 1.807) is 0 Å². The molecular formula is C31H24BrNO. The normalized spacial score (nSPS) is 12.7. The molecule has 34 heavy (non-hydrogen) atoms. The number of benzene rings is 5. The largest absolute Gasteiger partial charge is 0.377 e. The topological polar surface area (TPSA) is 29.1 Å². The molecule has 5 aromatic carbocycles. The smallest absolute Gasteiger partial charge is 0.172 e. The lowest BCUT2D eigenvalue weighted by Gasteiger charge is -2.29. The number of carbonyl (C=O) groups is 1. The minimum absolute atomic E-state index is 0.0880. The zero-order valence-electron chi connectivity index (χ0n) is 18.6. The summed E-state index contributed by atoms with van der Waals surface area (Å²) in [6.45, 7) is 0. The summed E-state index contributed by atoms with van der Waals surface area (Å²) in [4.78, 5) is 14.0. The molecule has 166 valence electrons. The average Bonchev–Trinajstić information content (AvgIpc) is 2.89. The minimum atomic E-state index is -0.413. The van der Waals surface area contributed by atoms with E-state index in [9.17, 15) is 4.79 Å². The number of nitrogens with one attached hydrogen (secondary N) is 1. The van der Waals surface area contributed by atoms with Crippen LogP contribution >= 0.6 is 15.9 Å². The summed E-state index contributed by atoms with van der Waals surface area (Å²) >= 11 is 3.62. The third kappa shape index (κ3) is 4.80. The van der Waals surface area contributed by atoms with E-state index in [2.05, 4.69) is 63.7 Å². The molecule has 0 bridgehead atoms. The molecule has 0 aliphatic rings. The van der Waals surface area contributed by atoms with Crippen LogP contribution in [0.25, 0.3) is 10.8 Å². The Labute approximate surface area is 208 Å². The number of Topliss-reactive ketones (excluding diaryl/α,β-unsaturated/α-hetero) is 1. The maximum atomic E-state index is 14.0. The minimum Gasteiger partial charge on any atom is -0.377 e. The molecule has 0 aliphatic carbocycles. The lowest BCUT2D eigenvalue weighted by atomic mass is 9.81. The molecule has 0 fully saturated rings. The first kappa shape index (κ1) is 22.1. The molecule has 0 amide bonds. The van der Waals surface area contributed by atoms with Crippen LogP contribution in [0.3, 0.4) is 0 Å². The third-order valence-corrected chi connectivity index (χ3v) is 6.61. The van der Waals surface area contributed by atoms with Gasteiger partial charge in [0.2, 0.25) is 0 Å². The number of hydrogen-bond donors (Lipinski definition) is 1. The predicted octanol–water partition coefficient (Wildman–Crippen LogP) is 8.42. The van der Waals surface area contributed by atoms with Crippen LogP contribution in [0.1, 0.15) is 33.4 Å². The first-order valence-corrected chi connectivity index (χ1v) is 12.1. The SMILES string of the molecule is O=C(c1ccccc1)C(c1ccccc1)C(Nc1ccc2ccccc2c1)c1cccc(Br)c1. The quantitative estimate of drug-likeness (QED) is 0.225. The fourth-order valence-corrected chi connectivity index (χ4v) is 4.87. The molecule has 0 saturated heterocycles. The van der Waals surface area contributed by atoms with Crippen LogP contribution in [0.5, 0.6) is 0 Å². The summed E-state index contributed by atoms with van der Waals surface area (Å²) in [6.07, 6.45) is 0. The van der Waals surface area contributed by atoms with Gasteiger partial charge in [-0.2, -0.15) is 0 Å². The van der Waals surface area contributed by atoms with Gasteiger partial charge in [-0.3, -0.25) is 4.79 Å². The van der Waals surface area contributed by atoms with Crippen molar-refractivity contribution in [2.75, 3.05) is 5.32 Å². The average molecular weight is 506 g/mol. The summed E-state index contributed by atoms with van der Waals surface area (Å²) in [5, 5.41) is 6.07. The molecule has 1 N–H and O–H groups in total. The van der Waals surface area contributed by atoms with E-state index in [1.165, 1.54) is 5.39 Å². The highest BCUT2D eigenvalue weighted by Gasteiger charge is 2.32. The molecule has 0 spiro atoms. The summed E-state index contributed by atoms with van der Waals surface area (Å²) in [6, 6.07) is 42.2. The lowest BCUT2D eigenvalue weighted by Crippen LogP contribution is -2.26. The van der Waals surface area contributed by atoms with Crippen LogP contribution in [-0.4, -0.2) is 5.78 Å². The van der Waals surface area contributed by atoms with Crippen molar-refractivity contribution >= 4 is 38.2 Å². The highest BCUT2D eigenvalue weighted by molar-refractivity contribution is 9.10. The molecule has 0 heterocycles. The van der Waals surface area contributed by atoms with Crippen LogP contribution in [0.4, 0.5) is 5.69 Å². The summed E-state index contributed by atoms with van der Waals surface area (Å²) in [5.41, 5.74) is 3.71. The van der Waals surface area contributed by atoms with E-state index in [0.717, 1.165) is 26.7 Å². The Morgan fingerprint density at radius 3 is 2.00 bits per heavy atom. The van der Waals surface area contributed by atoms with Gasteiger partial charge in [-0.25, -0.2) is 0 Å². The molecule has 3 heteroatoms. The second-order valence-corrected chi connectivity index (χ2v) is 9.27. The Morgan fingerprint density at radius 1 is 0.618 bits per heavy atom. The number of rotatable bonds is 7. The van der Waals surface area contributed by atoms with Crippen LogP contribution in [0.2, 0.25) is 0 Å². The second kappa shape index (κ2) is 10.1. The Hall–Kier alpha value is -3.69. The molecule has 2 nitrogen and oxygen atoms in total. The van der Waals surface area contributed by atoms with Crippen molar-refractivity contribution in [3.8, 4) is 0 Å². The highest BCUT2D eigenvalue weighted by Crippen LogP contribution is 2.38. The lowest BCUT2D eigenvalue weighted by molar-refractivity contribution is 0.0950. The Balaban J connectivity index is 1.64. The van der Waals surface area contributed by atoms with Gasteiger partial charge in [0, 0.05) is 15.7 Å². The van der Waals surface area contributed by atoms with Crippen LogP contribution in [-0.2, 0) is 0 Å². The monoisotopic (exact) mass is 505 g/mol. The van der Waals surface area contributed by atoms with E-state index in [-0.39, 0.29) is 11.8 Å². The van der Waals surface area contributed by atoms with Crippen molar-refractivity contribution in [3.05, 3.63) is 149 Å². The van der Waals surface area contributed by atoms with Crippen LogP contribution in [0, 0.1) is 0 Å². The molecular weight excluding hydrogens is 482 g/mol. The van der Waals surface area contributed by atoms with Gasteiger partial charge in [0.05, 0.1) is 12.0 Å². The van der Waals surface area contributed by atoms with Gasteiger partial charge in [0.1, 0.15) is 0 Å². The van der Waals surface area contributed by atoms with E-state index >= 15 is 0 Å². The fourth-order valence-electron chi connectivity index (χ4n) is 4.46. The molecule has 5 aromatic rings. The maximum Gasteiger partial charge on any atom is 0.172 e. The Bertz CT molecular complexity index is 1420. The first-order valence-electron chi connectivity index (χ1n) is 11.3. The zero-order chi connectivity index (χ0) is 23.3. The van der Waals surface area contributed by atoms with E-state index < -0.39 is 5.92 Å². The van der Waals surface area contributed by atoms with Crippen molar-refractivity contribution in [1.82, 2.24) is 0 Å². The molecule has 5 rings (SSSR count). The summed E-state index contributed by atoms with van der Waals surface area (Å²) in [5.74, 6) is -0.325. The predicted molar refractivity (Wildman–Crippen MR) is 144 cm³/mol. The van der Waals surface area contributed by atoms with Gasteiger partial charge >= 0.3 is 0 Å². The van der Waals surface area contributed by atoms with Gasteiger partial charge in [0.25, 0.3) is 0 Å². The Kier molecular flexibility index (Phi) is 6.55. The fraction of sp³-hybridized carbons (Fsp3) is 0.0645. The van der Waals surface area contributed by atoms with E-state index in [1.807, 2.05) is 84.9 Å². The number of ketones is 1. The van der Waals surface area contributed by atoms with E-state index in [0.29, 0.717) is 5.56 Å². The molecule has 0 aliphatic heterocycles. The number of anilines is 1. The van der Waals surface area contributed by atoms with Crippen molar-refractivity contribution in [2.45, 2.75) is 12.0 Å². The van der Waals surface area contributed by atoms with Gasteiger partial charge < -0.3 is 5.32 Å². The Morgan fingerprint density at radius 2 is 1.26 bits per heavy atom. The van der Waals surface area contributed by atoms with Crippen molar-refractivity contribution in [3.63, 3.8) is 0 Å². The summed E-state index contributed by atoms with van der Waals surface area (Å²) < 4.78 is 0.981. The highest BCUT2D eigenvalue weighted by atomic mass is 79.9. The number of halogens is 1.